The van der Waals surface area contributed by atoms with Crippen molar-refractivity contribution in [1.82, 2.24) is 20.6 Å². The molecular weight excluding hydrogens is 426 g/mol. The van der Waals surface area contributed by atoms with Gasteiger partial charge in [0.2, 0.25) is 5.88 Å². The zero-order valence-corrected chi connectivity index (χ0v) is 20.1. The first kappa shape index (κ1) is 24.1. The Bertz CT molecular complexity index is 1040. The summed E-state index contributed by atoms with van der Waals surface area (Å²) in [4.78, 5) is 9.76. The van der Waals surface area contributed by atoms with Gasteiger partial charge in [0.1, 0.15) is 12.4 Å². The van der Waals surface area contributed by atoms with Crippen molar-refractivity contribution in [3.8, 4) is 17.3 Å². The van der Waals surface area contributed by atoms with Gasteiger partial charge >= 0.3 is 0 Å². The molecule has 34 heavy (non-hydrogen) atoms. The Morgan fingerprint density at radius 1 is 0.971 bits per heavy atom. The van der Waals surface area contributed by atoms with Crippen LogP contribution in [0.2, 0.25) is 0 Å². The highest BCUT2D eigenvalue weighted by Crippen LogP contribution is 2.29. The topological polar surface area (TPSA) is 80.3 Å². The minimum Gasteiger partial charge on any atom is -0.472 e. The van der Waals surface area contributed by atoms with Gasteiger partial charge in [0, 0.05) is 44.5 Å². The third-order valence-electron chi connectivity index (χ3n) is 5.95. The lowest BCUT2D eigenvalue weighted by atomic mass is 10.1. The van der Waals surface area contributed by atoms with Gasteiger partial charge in [0.25, 0.3) is 0 Å². The Hall–Kier alpha value is -3.00. The monoisotopic (exact) mass is 461 g/mol. The number of rotatable bonds is 11. The number of nitrogens with zero attached hydrogens (tertiary/aromatic N) is 2. The largest absolute Gasteiger partial charge is 0.472 e. The van der Waals surface area contributed by atoms with Crippen LogP contribution in [-0.4, -0.2) is 49.4 Å². The van der Waals surface area contributed by atoms with Gasteiger partial charge in [-0.05, 0) is 44.0 Å². The second-order valence-corrected chi connectivity index (χ2v) is 8.61. The van der Waals surface area contributed by atoms with E-state index in [1.54, 1.807) is 0 Å². The summed E-state index contributed by atoms with van der Waals surface area (Å²) >= 11 is 0. The van der Waals surface area contributed by atoms with E-state index in [4.69, 9.17) is 19.4 Å². The van der Waals surface area contributed by atoms with Gasteiger partial charge in [-0.3, -0.25) is 0 Å². The lowest BCUT2D eigenvalue weighted by Gasteiger charge is -2.25. The van der Waals surface area contributed by atoms with Crippen molar-refractivity contribution in [1.29, 1.82) is 0 Å². The van der Waals surface area contributed by atoms with Crippen LogP contribution in [0.15, 0.2) is 54.6 Å². The van der Waals surface area contributed by atoms with Gasteiger partial charge < -0.3 is 25.4 Å². The zero-order chi connectivity index (χ0) is 23.6. The van der Waals surface area contributed by atoms with Crippen molar-refractivity contribution in [2.45, 2.75) is 39.0 Å². The molecule has 4 rings (SSSR count). The first-order valence-corrected chi connectivity index (χ1v) is 12.1. The van der Waals surface area contributed by atoms with Gasteiger partial charge in [-0.15, -0.1) is 0 Å². The fraction of sp³-hybridized carbons (Fsp3) is 0.407. The molecule has 3 aromatic rings. The maximum Gasteiger partial charge on any atom is 0.222 e. The molecule has 1 aliphatic rings. The van der Waals surface area contributed by atoms with Gasteiger partial charge in [0.05, 0.1) is 5.56 Å². The maximum atomic E-state index is 6.20. The number of nitrogens with one attached hydrogen (secondary N) is 3. The predicted molar refractivity (Wildman–Crippen MR) is 136 cm³/mol. The fourth-order valence-electron chi connectivity index (χ4n) is 3.93. The first-order chi connectivity index (χ1) is 16.7. The van der Waals surface area contributed by atoms with Gasteiger partial charge in [0.15, 0.2) is 5.82 Å². The Labute approximate surface area is 202 Å². The lowest BCUT2D eigenvalue weighted by molar-refractivity contribution is 0.0903. The van der Waals surface area contributed by atoms with E-state index in [-0.39, 0.29) is 0 Å². The molecular formula is C27H35N5O2. The van der Waals surface area contributed by atoms with E-state index in [0.29, 0.717) is 24.4 Å². The van der Waals surface area contributed by atoms with Gasteiger partial charge in [-0.2, -0.15) is 4.98 Å². The van der Waals surface area contributed by atoms with Crippen molar-refractivity contribution >= 4 is 5.82 Å². The lowest BCUT2D eigenvalue weighted by Crippen LogP contribution is -2.28. The minimum absolute atomic E-state index is 0.333. The molecule has 1 fully saturated rings. The smallest absolute Gasteiger partial charge is 0.222 e. The fourth-order valence-corrected chi connectivity index (χ4v) is 3.93. The van der Waals surface area contributed by atoms with E-state index < -0.39 is 0 Å². The van der Waals surface area contributed by atoms with E-state index in [2.05, 4.69) is 52.3 Å². The summed E-state index contributed by atoms with van der Waals surface area (Å²) in [6, 6.07) is 18.9. The summed E-state index contributed by atoms with van der Waals surface area (Å²) in [5, 5.41) is 10.2. The molecule has 1 saturated heterocycles. The normalized spacial score (nSPS) is 14.2. The third kappa shape index (κ3) is 6.76. The minimum atomic E-state index is 0.333. The van der Waals surface area contributed by atoms with Crippen LogP contribution in [-0.2, 0) is 17.9 Å². The van der Waals surface area contributed by atoms with Crippen LogP contribution in [0.1, 0.15) is 29.5 Å². The molecule has 0 radical (unpaired) electrons. The maximum absolute atomic E-state index is 6.20. The molecule has 1 aliphatic heterocycles. The second-order valence-electron chi connectivity index (χ2n) is 8.61. The summed E-state index contributed by atoms with van der Waals surface area (Å²) in [6.07, 6.45) is 1.93. The SMILES string of the molecule is CNCCNCc1cccc(-c2nc(NC3CCOCC3)c(C)c(OCc3ccccc3)n2)c1. The average Bonchev–Trinajstić information content (AvgIpc) is 2.88. The van der Waals surface area contributed by atoms with Crippen molar-refractivity contribution in [2.24, 2.45) is 0 Å². The van der Waals surface area contributed by atoms with E-state index in [1.165, 1.54) is 5.56 Å². The summed E-state index contributed by atoms with van der Waals surface area (Å²) < 4.78 is 11.7. The Morgan fingerprint density at radius 2 is 1.76 bits per heavy atom. The molecule has 2 aromatic carbocycles. The van der Waals surface area contributed by atoms with Crippen LogP contribution >= 0.6 is 0 Å². The molecule has 2 heterocycles. The quantitative estimate of drug-likeness (QED) is 0.373. The number of hydrogen-bond donors (Lipinski definition) is 3. The molecule has 0 unspecified atom stereocenters. The van der Waals surface area contributed by atoms with Crippen molar-refractivity contribution in [3.05, 3.63) is 71.3 Å². The van der Waals surface area contributed by atoms with E-state index in [1.807, 2.05) is 32.2 Å². The number of aromatic nitrogens is 2. The van der Waals surface area contributed by atoms with Crippen LogP contribution in [0.5, 0.6) is 5.88 Å². The summed E-state index contributed by atoms with van der Waals surface area (Å²) in [6.45, 7) is 6.68. The Balaban J connectivity index is 1.59. The first-order valence-electron chi connectivity index (χ1n) is 12.1. The average molecular weight is 462 g/mol. The molecule has 7 nitrogen and oxygen atoms in total. The highest BCUT2D eigenvalue weighted by molar-refractivity contribution is 5.62. The number of anilines is 1. The molecule has 3 N–H and O–H groups in total. The predicted octanol–water partition coefficient (Wildman–Crippen LogP) is 3.93. The molecule has 0 aliphatic carbocycles. The molecule has 0 amide bonds. The third-order valence-corrected chi connectivity index (χ3v) is 5.95. The second kappa shape index (κ2) is 12.5. The molecule has 0 atom stereocenters. The molecule has 0 bridgehead atoms. The van der Waals surface area contributed by atoms with Gasteiger partial charge in [-0.1, -0.05) is 48.5 Å². The summed E-state index contributed by atoms with van der Waals surface area (Å²) in [5.74, 6) is 2.11. The van der Waals surface area contributed by atoms with Crippen LogP contribution in [0, 0.1) is 6.92 Å². The molecule has 0 spiro atoms. The molecule has 180 valence electrons. The molecule has 0 saturated carbocycles. The summed E-state index contributed by atoms with van der Waals surface area (Å²) in [7, 11) is 1.96. The van der Waals surface area contributed by atoms with Crippen molar-refractivity contribution in [3.63, 3.8) is 0 Å². The van der Waals surface area contributed by atoms with E-state index in [9.17, 15) is 0 Å². The number of likely N-dealkylation sites (N-methyl/N-ethyl adjacent to an activating group) is 1. The van der Waals surface area contributed by atoms with Crippen LogP contribution in [0.4, 0.5) is 5.82 Å². The Morgan fingerprint density at radius 3 is 2.56 bits per heavy atom. The van der Waals surface area contributed by atoms with Crippen LogP contribution in [0.3, 0.4) is 0 Å². The standard InChI is InChI=1S/C27H35N5O2/c1-20-25(30-24-11-15-33-16-12-24)31-26(32-27(20)34-19-21-7-4-3-5-8-21)23-10-6-9-22(17-23)18-29-14-13-28-2/h3-10,17,24,28-29H,11-16,18-19H2,1-2H3,(H,30,31,32). The molecule has 1 aromatic heterocycles. The van der Waals surface area contributed by atoms with Crippen molar-refractivity contribution < 1.29 is 9.47 Å². The van der Waals surface area contributed by atoms with Crippen LogP contribution in [0.25, 0.3) is 11.4 Å². The summed E-state index contributed by atoms with van der Waals surface area (Å²) in [5.41, 5.74) is 4.21. The van der Waals surface area contributed by atoms with Crippen LogP contribution < -0.4 is 20.7 Å². The molecule has 7 heteroatoms. The highest BCUT2D eigenvalue weighted by atomic mass is 16.5. The Kier molecular flexibility index (Phi) is 8.84. The van der Waals surface area contributed by atoms with E-state index >= 15 is 0 Å². The highest BCUT2D eigenvalue weighted by Gasteiger charge is 2.19. The number of benzene rings is 2. The van der Waals surface area contributed by atoms with Crippen molar-refractivity contribution in [2.75, 3.05) is 38.7 Å². The van der Waals surface area contributed by atoms with Gasteiger partial charge in [-0.25, -0.2) is 4.98 Å². The number of ether oxygens (including phenoxy) is 2. The number of hydrogen-bond acceptors (Lipinski definition) is 7. The van der Waals surface area contributed by atoms with E-state index in [0.717, 1.165) is 68.2 Å². The zero-order valence-electron chi connectivity index (χ0n) is 20.1.